The Morgan fingerprint density at radius 2 is 2.05 bits per heavy atom. The molecule has 0 aliphatic carbocycles. The number of carbonyl (C=O) groups excluding carboxylic acids is 1. The third-order valence-corrected chi connectivity index (χ3v) is 3.11. The SMILES string of the molecule is Cc1[nH]c2ccccc2c1CC(=O)NCC(C)(C)N. The number of nitrogens with one attached hydrogen (secondary N) is 2. The highest BCUT2D eigenvalue weighted by Crippen LogP contribution is 2.22. The van der Waals surface area contributed by atoms with Crippen molar-refractivity contribution in [1.82, 2.24) is 10.3 Å². The van der Waals surface area contributed by atoms with Gasteiger partial charge in [-0.3, -0.25) is 4.79 Å². The van der Waals surface area contributed by atoms with Crippen molar-refractivity contribution < 1.29 is 4.79 Å². The van der Waals surface area contributed by atoms with Gasteiger partial charge in [0.15, 0.2) is 0 Å². The maximum Gasteiger partial charge on any atom is 0.224 e. The minimum absolute atomic E-state index is 0.00591. The number of amides is 1. The van der Waals surface area contributed by atoms with Gasteiger partial charge in [-0.05, 0) is 32.4 Å². The molecule has 2 aromatic rings. The highest BCUT2D eigenvalue weighted by atomic mass is 16.1. The molecule has 0 fully saturated rings. The molecule has 1 amide bonds. The van der Waals surface area contributed by atoms with Gasteiger partial charge >= 0.3 is 0 Å². The van der Waals surface area contributed by atoms with E-state index in [2.05, 4.69) is 10.3 Å². The molecular weight excluding hydrogens is 238 g/mol. The monoisotopic (exact) mass is 259 g/mol. The normalized spacial score (nSPS) is 11.8. The van der Waals surface area contributed by atoms with E-state index < -0.39 is 0 Å². The number of rotatable bonds is 4. The summed E-state index contributed by atoms with van der Waals surface area (Å²) < 4.78 is 0. The van der Waals surface area contributed by atoms with Crippen LogP contribution >= 0.6 is 0 Å². The van der Waals surface area contributed by atoms with Crippen LogP contribution in [0.4, 0.5) is 0 Å². The van der Waals surface area contributed by atoms with Gasteiger partial charge in [0.05, 0.1) is 6.42 Å². The van der Waals surface area contributed by atoms with Crippen LogP contribution in [0.25, 0.3) is 10.9 Å². The highest BCUT2D eigenvalue weighted by molar-refractivity contribution is 5.90. The number of hydrogen-bond donors (Lipinski definition) is 3. The number of hydrogen-bond acceptors (Lipinski definition) is 2. The lowest BCUT2D eigenvalue weighted by Gasteiger charge is -2.18. The van der Waals surface area contributed by atoms with Crippen molar-refractivity contribution >= 4 is 16.8 Å². The molecule has 19 heavy (non-hydrogen) atoms. The van der Waals surface area contributed by atoms with Gasteiger partial charge in [0.2, 0.25) is 5.91 Å². The predicted octanol–water partition coefficient (Wildman–Crippen LogP) is 1.87. The van der Waals surface area contributed by atoms with Crippen LogP contribution in [0.3, 0.4) is 0 Å². The molecule has 0 radical (unpaired) electrons. The van der Waals surface area contributed by atoms with Gasteiger partial charge in [-0.15, -0.1) is 0 Å². The van der Waals surface area contributed by atoms with Gasteiger partial charge in [0, 0.05) is 28.7 Å². The molecule has 4 N–H and O–H groups in total. The van der Waals surface area contributed by atoms with Crippen LogP contribution in [0.5, 0.6) is 0 Å². The van der Waals surface area contributed by atoms with E-state index in [1.165, 1.54) is 0 Å². The molecule has 0 atom stereocenters. The molecule has 1 heterocycles. The molecule has 4 nitrogen and oxygen atoms in total. The Bertz CT molecular complexity index is 593. The van der Waals surface area contributed by atoms with Crippen molar-refractivity contribution in [3.05, 3.63) is 35.5 Å². The van der Waals surface area contributed by atoms with Crippen molar-refractivity contribution in [2.45, 2.75) is 32.7 Å². The van der Waals surface area contributed by atoms with Gasteiger partial charge < -0.3 is 16.0 Å². The van der Waals surface area contributed by atoms with E-state index in [4.69, 9.17) is 5.73 Å². The van der Waals surface area contributed by atoms with Crippen molar-refractivity contribution in [3.8, 4) is 0 Å². The van der Waals surface area contributed by atoms with Crippen LogP contribution in [0.1, 0.15) is 25.1 Å². The second kappa shape index (κ2) is 5.05. The second-order valence-corrected chi connectivity index (χ2v) is 5.72. The Balaban J connectivity index is 2.13. The predicted molar refractivity (Wildman–Crippen MR) is 78.0 cm³/mol. The molecule has 2 rings (SSSR count). The van der Waals surface area contributed by atoms with E-state index in [0.29, 0.717) is 13.0 Å². The molecule has 0 spiro atoms. The molecule has 1 aromatic heterocycles. The largest absolute Gasteiger partial charge is 0.358 e. The Labute approximate surface area is 113 Å². The first-order valence-corrected chi connectivity index (χ1v) is 6.48. The van der Waals surface area contributed by atoms with Crippen molar-refractivity contribution in [1.29, 1.82) is 0 Å². The Morgan fingerprint density at radius 3 is 2.74 bits per heavy atom. The number of carbonyl (C=O) groups is 1. The van der Waals surface area contributed by atoms with Crippen LogP contribution in [0, 0.1) is 6.92 Å². The van der Waals surface area contributed by atoms with Gasteiger partial charge in [-0.2, -0.15) is 0 Å². The van der Waals surface area contributed by atoms with E-state index in [1.54, 1.807) is 0 Å². The van der Waals surface area contributed by atoms with Gasteiger partial charge in [0.25, 0.3) is 0 Å². The highest BCUT2D eigenvalue weighted by Gasteiger charge is 2.15. The lowest BCUT2D eigenvalue weighted by molar-refractivity contribution is -0.120. The lowest BCUT2D eigenvalue weighted by Crippen LogP contribution is -2.45. The fraction of sp³-hybridized carbons (Fsp3) is 0.400. The minimum atomic E-state index is -0.384. The zero-order valence-electron chi connectivity index (χ0n) is 11.7. The molecule has 0 saturated carbocycles. The summed E-state index contributed by atoms with van der Waals surface area (Å²) in [6.07, 6.45) is 0.381. The summed E-state index contributed by atoms with van der Waals surface area (Å²) >= 11 is 0. The Morgan fingerprint density at radius 1 is 1.37 bits per heavy atom. The number of para-hydroxylation sites is 1. The molecule has 0 unspecified atom stereocenters. The third kappa shape index (κ3) is 3.35. The number of fused-ring (bicyclic) bond motifs is 1. The number of nitrogens with two attached hydrogens (primary N) is 1. The van der Waals surface area contributed by atoms with Crippen LogP contribution in [0.2, 0.25) is 0 Å². The molecule has 1 aromatic carbocycles. The van der Waals surface area contributed by atoms with Crippen LogP contribution in [-0.2, 0) is 11.2 Å². The fourth-order valence-electron chi connectivity index (χ4n) is 2.11. The second-order valence-electron chi connectivity index (χ2n) is 5.72. The third-order valence-electron chi connectivity index (χ3n) is 3.11. The Hall–Kier alpha value is -1.81. The molecule has 0 aliphatic heterocycles. The number of aryl methyl sites for hydroxylation is 1. The number of H-pyrrole nitrogens is 1. The number of aromatic amines is 1. The summed E-state index contributed by atoms with van der Waals surface area (Å²) in [5, 5.41) is 3.99. The smallest absolute Gasteiger partial charge is 0.224 e. The summed E-state index contributed by atoms with van der Waals surface area (Å²) in [7, 11) is 0. The van der Waals surface area contributed by atoms with E-state index in [-0.39, 0.29) is 11.4 Å². The fourth-order valence-corrected chi connectivity index (χ4v) is 2.11. The molecule has 0 bridgehead atoms. The standard InChI is InChI=1S/C15H21N3O/c1-10-12(8-14(19)17-9-15(2,3)16)11-6-4-5-7-13(11)18-10/h4-7,18H,8-9,16H2,1-3H3,(H,17,19). The first-order chi connectivity index (χ1) is 8.87. The zero-order valence-corrected chi connectivity index (χ0v) is 11.7. The van der Waals surface area contributed by atoms with Crippen molar-refractivity contribution in [2.24, 2.45) is 5.73 Å². The summed E-state index contributed by atoms with van der Waals surface area (Å²) in [6, 6.07) is 8.03. The van der Waals surface area contributed by atoms with Gasteiger partial charge in [0.1, 0.15) is 0 Å². The van der Waals surface area contributed by atoms with E-state index >= 15 is 0 Å². The Kier molecular flexibility index (Phi) is 3.62. The topological polar surface area (TPSA) is 70.9 Å². The van der Waals surface area contributed by atoms with Crippen LogP contribution < -0.4 is 11.1 Å². The summed E-state index contributed by atoms with van der Waals surface area (Å²) in [5.41, 5.74) is 8.65. The van der Waals surface area contributed by atoms with Crippen LogP contribution in [0.15, 0.2) is 24.3 Å². The molecule has 0 saturated heterocycles. The quantitative estimate of drug-likeness (QED) is 0.784. The maximum atomic E-state index is 12.0. The summed E-state index contributed by atoms with van der Waals surface area (Å²) in [4.78, 5) is 15.3. The average Bonchev–Trinajstić information content (AvgIpc) is 2.63. The van der Waals surface area contributed by atoms with E-state index in [1.807, 2.05) is 45.0 Å². The summed E-state index contributed by atoms with van der Waals surface area (Å²) in [6.45, 7) is 6.26. The number of benzene rings is 1. The molecular formula is C15H21N3O. The van der Waals surface area contributed by atoms with Gasteiger partial charge in [-0.1, -0.05) is 18.2 Å². The van der Waals surface area contributed by atoms with E-state index in [9.17, 15) is 4.79 Å². The lowest BCUT2D eigenvalue weighted by atomic mass is 10.1. The van der Waals surface area contributed by atoms with Gasteiger partial charge in [-0.25, -0.2) is 0 Å². The zero-order chi connectivity index (χ0) is 14.0. The van der Waals surface area contributed by atoms with E-state index in [0.717, 1.165) is 22.2 Å². The maximum absolute atomic E-state index is 12.0. The minimum Gasteiger partial charge on any atom is -0.358 e. The van der Waals surface area contributed by atoms with Crippen LogP contribution in [-0.4, -0.2) is 23.0 Å². The molecule has 4 heteroatoms. The summed E-state index contributed by atoms with van der Waals surface area (Å²) in [5.74, 6) is 0.00591. The average molecular weight is 259 g/mol. The molecule has 102 valence electrons. The van der Waals surface area contributed by atoms with Crippen molar-refractivity contribution in [3.63, 3.8) is 0 Å². The first-order valence-electron chi connectivity index (χ1n) is 6.48. The molecule has 0 aliphatic rings. The van der Waals surface area contributed by atoms with Crippen molar-refractivity contribution in [2.75, 3.05) is 6.54 Å². The number of aromatic nitrogens is 1. The first kappa shape index (κ1) is 13.6.